The number of aromatic nitrogens is 1. The van der Waals surface area contributed by atoms with E-state index >= 15 is 0 Å². The van der Waals surface area contributed by atoms with E-state index < -0.39 is 0 Å². The molecule has 1 fully saturated rings. The van der Waals surface area contributed by atoms with Crippen molar-refractivity contribution in [1.82, 2.24) is 20.5 Å². The van der Waals surface area contributed by atoms with E-state index in [1.165, 1.54) is 9.75 Å². The van der Waals surface area contributed by atoms with Gasteiger partial charge >= 0.3 is 0 Å². The second kappa shape index (κ2) is 9.82. The fourth-order valence-electron chi connectivity index (χ4n) is 3.23. The summed E-state index contributed by atoms with van der Waals surface area (Å²) in [5.74, 6) is 0.855. The fourth-order valence-corrected chi connectivity index (χ4v) is 4.89. The van der Waals surface area contributed by atoms with Crippen LogP contribution in [0.5, 0.6) is 0 Å². The molecule has 2 N–H and O–H groups in total. The molecule has 0 saturated carbocycles. The summed E-state index contributed by atoms with van der Waals surface area (Å²) >= 11 is 3.52. The van der Waals surface area contributed by atoms with Crippen LogP contribution in [0, 0.1) is 6.92 Å². The Kier molecular flexibility index (Phi) is 7.45. The standard InChI is InChI=1S/C20H31N5OS2/c1-15-24-17(13-27-15)18-6-5-16(28-18)7-8-22-19(21-4)23-14-20(2,3)25-9-11-26-12-10-25/h5-6,13H,7-12,14H2,1-4H3,(H2,21,22,23). The van der Waals surface area contributed by atoms with Gasteiger partial charge in [-0.05, 0) is 39.3 Å². The minimum absolute atomic E-state index is 0.0652. The Morgan fingerprint density at radius 1 is 1.29 bits per heavy atom. The van der Waals surface area contributed by atoms with Crippen LogP contribution in [-0.4, -0.2) is 67.8 Å². The first-order valence-electron chi connectivity index (χ1n) is 9.76. The van der Waals surface area contributed by atoms with E-state index in [0.29, 0.717) is 0 Å². The Bertz CT molecular complexity index is 777. The Morgan fingerprint density at radius 3 is 2.75 bits per heavy atom. The van der Waals surface area contributed by atoms with Crippen LogP contribution in [0.4, 0.5) is 0 Å². The zero-order chi connectivity index (χ0) is 20.0. The second-order valence-electron chi connectivity index (χ2n) is 7.53. The lowest BCUT2D eigenvalue weighted by atomic mass is 10.0. The van der Waals surface area contributed by atoms with Crippen LogP contribution < -0.4 is 10.6 Å². The smallest absolute Gasteiger partial charge is 0.191 e. The molecule has 0 aromatic carbocycles. The largest absolute Gasteiger partial charge is 0.379 e. The molecule has 0 amide bonds. The maximum absolute atomic E-state index is 5.47. The molecule has 2 aromatic rings. The molecule has 154 valence electrons. The molecular weight excluding hydrogens is 390 g/mol. The molecule has 8 heteroatoms. The van der Waals surface area contributed by atoms with Crippen LogP contribution in [-0.2, 0) is 11.2 Å². The first kappa shape index (κ1) is 21.2. The second-order valence-corrected chi connectivity index (χ2v) is 9.76. The molecule has 0 unspecified atom stereocenters. The average Bonchev–Trinajstić information content (AvgIpc) is 3.34. The average molecular weight is 422 g/mol. The molecule has 0 aliphatic carbocycles. The molecule has 6 nitrogen and oxygen atoms in total. The Labute approximate surface area is 176 Å². The summed E-state index contributed by atoms with van der Waals surface area (Å²) in [5.41, 5.74) is 1.16. The number of nitrogens with zero attached hydrogens (tertiary/aromatic N) is 3. The third-order valence-electron chi connectivity index (χ3n) is 4.98. The van der Waals surface area contributed by atoms with Gasteiger partial charge in [-0.1, -0.05) is 0 Å². The fraction of sp³-hybridized carbons (Fsp3) is 0.600. The lowest BCUT2D eigenvalue weighted by Gasteiger charge is -2.41. The summed E-state index contributed by atoms with van der Waals surface area (Å²) < 4.78 is 5.47. The summed E-state index contributed by atoms with van der Waals surface area (Å²) in [6, 6.07) is 4.38. The number of thiophene rings is 1. The van der Waals surface area contributed by atoms with E-state index in [2.05, 4.69) is 56.9 Å². The number of rotatable bonds is 7. The van der Waals surface area contributed by atoms with Gasteiger partial charge in [0.15, 0.2) is 5.96 Å². The van der Waals surface area contributed by atoms with Crippen LogP contribution >= 0.6 is 22.7 Å². The van der Waals surface area contributed by atoms with Gasteiger partial charge in [0, 0.05) is 49.0 Å². The SMILES string of the molecule is CN=C(NCCc1ccc(-c2csc(C)n2)s1)NCC(C)(C)N1CCOCC1. The number of aryl methyl sites for hydroxylation is 1. The highest BCUT2D eigenvalue weighted by molar-refractivity contribution is 7.16. The number of aliphatic imine (C=N–C) groups is 1. The molecule has 3 heterocycles. The topological polar surface area (TPSA) is 61.8 Å². The number of thiazole rings is 1. The van der Waals surface area contributed by atoms with Gasteiger partial charge in [-0.3, -0.25) is 9.89 Å². The van der Waals surface area contributed by atoms with Crippen molar-refractivity contribution < 1.29 is 4.74 Å². The zero-order valence-corrected chi connectivity index (χ0v) is 18.9. The zero-order valence-electron chi connectivity index (χ0n) is 17.2. The Hall–Kier alpha value is -1.48. The van der Waals surface area contributed by atoms with Crippen molar-refractivity contribution >= 4 is 28.6 Å². The molecule has 0 radical (unpaired) electrons. The molecule has 2 aromatic heterocycles. The predicted octanol–water partition coefficient (Wildman–Crippen LogP) is 3.00. The van der Waals surface area contributed by atoms with E-state index in [1.807, 2.05) is 25.3 Å². The van der Waals surface area contributed by atoms with Crippen molar-refractivity contribution in [3.63, 3.8) is 0 Å². The van der Waals surface area contributed by atoms with Crippen LogP contribution in [0.1, 0.15) is 23.7 Å². The van der Waals surface area contributed by atoms with Gasteiger partial charge in [0.25, 0.3) is 0 Å². The van der Waals surface area contributed by atoms with E-state index in [9.17, 15) is 0 Å². The van der Waals surface area contributed by atoms with Crippen LogP contribution in [0.3, 0.4) is 0 Å². The summed E-state index contributed by atoms with van der Waals surface area (Å²) in [6.45, 7) is 11.9. The molecule has 1 aliphatic rings. The summed E-state index contributed by atoms with van der Waals surface area (Å²) in [6.07, 6.45) is 0.974. The third-order valence-corrected chi connectivity index (χ3v) is 6.92. The number of nitrogens with one attached hydrogen (secondary N) is 2. The normalized spacial score (nSPS) is 16.4. The maximum atomic E-state index is 5.47. The number of ether oxygens (including phenoxy) is 1. The van der Waals surface area contributed by atoms with Crippen LogP contribution in [0.15, 0.2) is 22.5 Å². The van der Waals surface area contributed by atoms with Crippen molar-refractivity contribution in [3.05, 3.63) is 27.4 Å². The van der Waals surface area contributed by atoms with E-state index in [4.69, 9.17) is 4.74 Å². The van der Waals surface area contributed by atoms with Gasteiger partial charge < -0.3 is 15.4 Å². The Morgan fingerprint density at radius 2 is 2.07 bits per heavy atom. The van der Waals surface area contributed by atoms with Crippen molar-refractivity contribution in [1.29, 1.82) is 0 Å². The van der Waals surface area contributed by atoms with Gasteiger partial charge in [0.2, 0.25) is 0 Å². The molecule has 0 bridgehead atoms. The number of hydrogen-bond donors (Lipinski definition) is 2. The summed E-state index contributed by atoms with van der Waals surface area (Å²) in [7, 11) is 1.82. The van der Waals surface area contributed by atoms with E-state index in [-0.39, 0.29) is 5.54 Å². The van der Waals surface area contributed by atoms with Gasteiger partial charge in [-0.25, -0.2) is 4.98 Å². The molecule has 28 heavy (non-hydrogen) atoms. The quantitative estimate of drug-likeness (QED) is 0.532. The minimum Gasteiger partial charge on any atom is -0.379 e. The lowest BCUT2D eigenvalue weighted by Crippen LogP contribution is -2.56. The maximum Gasteiger partial charge on any atom is 0.191 e. The first-order chi connectivity index (χ1) is 13.5. The van der Waals surface area contributed by atoms with E-state index in [0.717, 1.165) is 62.5 Å². The van der Waals surface area contributed by atoms with Crippen LogP contribution in [0.25, 0.3) is 10.6 Å². The highest BCUT2D eigenvalue weighted by Gasteiger charge is 2.28. The molecule has 1 aliphatic heterocycles. The minimum atomic E-state index is 0.0652. The number of guanidine groups is 1. The molecule has 0 spiro atoms. The van der Waals surface area contributed by atoms with Crippen molar-refractivity contribution in [3.8, 4) is 10.6 Å². The highest BCUT2D eigenvalue weighted by atomic mass is 32.1. The van der Waals surface area contributed by atoms with Gasteiger partial charge in [0.05, 0.1) is 28.8 Å². The van der Waals surface area contributed by atoms with E-state index in [1.54, 1.807) is 11.3 Å². The van der Waals surface area contributed by atoms with Gasteiger partial charge in [0.1, 0.15) is 0 Å². The molecular formula is C20H31N5OS2. The highest BCUT2D eigenvalue weighted by Crippen LogP contribution is 2.29. The van der Waals surface area contributed by atoms with Gasteiger partial charge in [-0.2, -0.15) is 0 Å². The lowest BCUT2D eigenvalue weighted by molar-refractivity contribution is -0.00833. The van der Waals surface area contributed by atoms with Crippen molar-refractivity contribution in [2.75, 3.05) is 46.4 Å². The monoisotopic (exact) mass is 421 g/mol. The first-order valence-corrected chi connectivity index (χ1v) is 11.5. The number of morpholine rings is 1. The van der Waals surface area contributed by atoms with Crippen LogP contribution in [0.2, 0.25) is 0 Å². The van der Waals surface area contributed by atoms with Gasteiger partial charge in [-0.15, -0.1) is 22.7 Å². The Balaban J connectivity index is 1.43. The summed E-state index contributed by atoms with van der Waals surface area (Å²) in [5, 5.41) is 10.2. The predicted molar refractivity (Wildman–Crippen MR) is 120 cm³/mol. The summed E-state index contributed by atoms with van der Waals surface area (Å²) in [4.78, 5) is 14.0. The molecule has 1 saturated heterocycles. The molecule has 0 atom stereocenters. The number of hydrogen-bond acceptors (Lipinski definition) is 6. The van der Waals surface area contributed by atoms with Crippen molar-refractivity contribution in [2.45, 2.75) is 32.7 Å². The van der Waals surface area contributed by atoms with Crippen molar-refractivity contribution in [2.24, 2.45) is 4.99 Å². The molecule has 3 rings (SSSR count). The third kappa shape index (κ3) is 5.76.